The average molecular weight is 225 g/mol. The third-order valence-corrected chi connectivity index (χ3v) is 2.91. The molecule has 0 N–H and O–H groups in total. The summed E-state index contributed by atoms with van der Waals surface area (Å²) in [6.45, 7) is 0. The molecule has 0 radical (unpaired) electrons. The van der Waals surface area contributed by atoms with Crippen LogP contribution in [-0.4, -0.2) is 10.6 Å². The molecule has 12 heavy (non-hydrogen) atoms. The summed E-state index contributed by atoms with van der Waals surface area (Å²) in [6, 6.07) is 0. The van der Waals surface area contributed by atoms with E-state index in [1.165, 1.54) is 5.57 Å². The van der Waals surface area contributed by atoms with Gasteiger partial charge in [0, 0.05) is 5.57 Å². The Bertz CT molecular complexity index is 310. The van der Waals surface area contributed by atoms with Crippen molar-refractivity contribution in [3.63, 3.8) is 0 Å². The zero-order valence-electron chi connectivity index (χ0n) is 6.59. The minimum Gasteiger partial charge on any atom is -0.293 e. The van der Waals surface area contributed by atoms with Crippen molar-refractivity contribution in [2.24, 2.45) is 0 Å². The lowest BCUT2D eigenvalue weighted by Gasteiger charge is -1.95. The molecule has 0 bridgehead atoms. The fourth-order valence-electron chi connectivity index (χ4n) is 1.54. The normalized spacial score (nSPS) is 27.8. The second-order valence-electron chi connectivity index (χ2n) is 3.02. The number of hydrogen-bond donors (Lipinski definition) is 0. The summed E-state index contributed by atoms with van der Waals surface area (Å²) < 4.78 is 0. The first kappa shape index (κ1) is 7.99. The first-order valence-corrected chi connectivity index (χ1v) is 4.95. The molecule has 0 saturated heterocycles. The summed E-state index contributed by atoms with van der Waals surface area (Å²) in [6.07, 6.45) is 9.91. The van der Waals surface area contributed by atoms with E-state index < -0.39 is 0 Å². The van der Waals surface area contributed by atoms with Gasteiger partial charge in [-0.3, -0.25) is 4.79 Å². The van der Waals surface area contributed by atoms with E-state index in [-0.39, 0.29) is 10.6 Å². The molecule has 2 heteroatoms. The van der Waals surface area contributed by atoms with Gasteiger partial charge in [-0.05, 0) is 18.4 Å². The van der Waals surface area contributed by atoms with Gasteiger partial charge in [0.05, 0.1) is 4.83 Å². The zero-order valence-corrected chi connectivity index (χ0v) is 8.17. The third kappa shape index (κ3) is 1.20. The molecule has 2 aliphatic rings. The average Bonchev–Trinajstić information content (AvgIpc) is 2.30. The second-order valence-corrected chi connectivity index (χ2v) is 4.12. The molecule has 1 atom stereocenters. The van der Waals surface area contributed by atoms with Crippen LogP contribution in [0.25, 0.3) is 0 Å². The summed E-state index contributed by atoms with van der Waals surface area (Å²) in [5.74, 6) is 0.229. The van der Waals surface area contributed by atoms with Gasteiger partial charge >= 0.3 is 0 Å². The SMILES string of the molecule is O=C1C2=C(C=CCC=C2)CC1Br. The van der Waals surface area contributed by atoms with Crippen LogP contribution in [0.4, 0.5) is 0 Å². The maximum absolute atomic E-state index is 11.5. The highest BCUT2D eigenvalue weighted by atomic mass is 79.9. The molecular weight excluding hydrogens is 216 g/mol. The highest BCUT2D eigenvalue weighted by Crippen LogP contribution is 2.31. The van der Waals surface area contributed by atoms with Gasteiger partial charge in [-0.2, -0.15) is 0 Å². The van der Waals surface area contributed by atoms with E-state index in [1.807, 2.05) is 12.2 Å². The molecule has 0 saturated carbocycles. The van der Waals surface area contributed by atoms with Gasteiger partial charge in [0.25, 0.3) is 0 Å². The van der Waals surface area contributed by atoms with E-state index in [2.05, 4.69) is 28.1 Å². The van der Waals surface area contributed by atoms with Gasteiger partial charge in [-0.15, -0.1) is 0 Å². The molecule has 0 aliphatic heterocycles. The first-order chi connectivity index (χ1) is 5.79. The van der Waals surface area contributed by atoms with Crippen LogP contribution in [0.2, 0.25) is 0 Å². The maximum Gasteiger partial charge on any atom is 0.177 e. The molecule has 1 unspecified atom stereocenters. The number of allylic oxidation sites excluding steroid dienone is 6. The molecule has 1 nitrogen and oxygen atoms in total. The zero-order chi connectivity index (χ0) is 8.55. The Hall–Kier alpha value is -0.630. The number of hydrogen-bond acceptors (Lipinski definition) is 1. The maximum atomic E-state index is 11.5. The number of carbonyl (C=O) groups excluding carboxylic acids is 1. The minimum atomic E-state index is 0.00917. The minimum absolute atomic E-state index is 0.00917. The molecule has 0 amide bonds. The lowest BCUT2D eigenvalue weighted by molar-refractivity contribution is -0.114. The smallest absolute Gasteiger partial charge is 0.177 e. The van der Waals surface area contributed by atoms with Crippen LogP contribution in [0.15, 0.2) is 35.5 Å². The van der Waals surface area contributed by atoms with Crippen LogP contribution in [0, 0.1) is 0 Å². The summed E-state index contributed by atoms with van der Waals surface area (Å²) in [4.78, 5) is 11.5. The molecule has 62 valence electrons. The molecule has 0 aromatic carbocycles. The van der Waals surface area contributed by atoms with Gasteiger partial charge in [-0.25, -0.2) is 0 Å². The fraction of sp³-hybridized carbons (Fsp3) is 0.300. The van der Waals surface area contributed by atoms with Gasteiger partial charge in [0.2, 0.25) is 0 Å². The molecule has 0 fully saturated rings. The Kier molecular flexibility index (Phi) is 2.01. The van der Waals surface area contributed by atoms with E-state index in [0.29, 0.717) is 0 Å². The molecule has 0 aromatic heterocycles. The summed E-state index contributed by atoms with van der Waals surface area (Å²) in [5.41, 5.74) is 2.07. The first-order valence-electron chi connectivity index (χ1n) is 4.03. The number of halogens is 1. The number of ketones is 1. The molecular formula is C10H9BrO. The Morgan fingerprint density at radius 1 is 1.33 bits per heavy atom. The quantitative estimate of drug-likeness (QED) is 0.579. The van der Waals surface area contributed by atoms with Crippen LogP contribution in [0.1, 0.15) is 12.8 Å². The van der Waals surface area contributed by atoms with E-state index in [1.54, 1.807) is 0 Å². The topological polar surface area (TPSA) is 17.1 Å². The van der Waals surface area contributed by atoms with Crippen LogP contribution in [-0.2, 0) is 4.79 Å². The van der Waals surface area contributed by atoms with Crippen LogP contribution < -0.4 is 0 Å². The Morgan fingerprint density at radius 3 is 2.92 bits per heavy atom. The van der Waals surface area contributed by atoms with Crippen molar-refractivity contribution in [3.05, 3.63) is 35.5 Å². The van der Waals surface area contributed by atoms with Crippen LogP contribution in [0.5, 0.6) is 0 Å². The van der Waals surface area contributed by atoms with Crippen molar-refractivity contribution < 1.29 is 4.79 Å². The molecule has 0 aromatic rings. The summed E-state index contributed by atoms with van der Waals surface area (Å²) >= 11 is 3.36. The van der Waals surface area contributed by atoms with Crippen molar-refractivity contribution in [1.82, 2.24) is 0 Å². The molecule has 0 spiro atoms. The lowest BCUT2D eigenvalue weighted by atomic mass is 10.1. The number of rotatable bonds is 0. The predicted molar refractivity (Wildman–Crippen MR) is 52.3 cm³/mol. The Labute approximate surface area is 80.0 Å². The Morgan fingerprint density at radius 2 is 2.08 bits per heavy atom. The summed E-state index contributed by atoms with van der Waals surface area (Å²) in [5, 5.41) is 0. The summed E-state index contributed by atoms with van der Waals surface area (Å²) in [7, 11) is 0. The predicted octanol–water partition coefficient (Wildman–Crippen LogP) is 2.54. The van der Waals surface area contributed by atoms with Gasteiger partial charge in [0.15, 0.2) is 5.78 Å². The van der Waals surface area contributed by atoms with Gasteiger partial charge in [0.1, 0.15) is 0 Å². The molecule has 2 aliphatic carbocycles. The van der Waals surface area contributed by atoms with Crippen molar-refractivity contribution >= 4 is 21.7 Å². The highest BCUT2D eigenvalue weighted by Gasteiger charge is 2.28. The van der Waals surface area contributed by atoms with E-state index in [9.17, 15) is 4.79 Å². The standard InChI is InChI=1S/C10H9BrO/c11-9-6-7-4-2-1-3-5-8(7)10(9)12/h2-5,9H,1,6H2. The lowest BCUT2D eigenvalue weighted by Crippen LogP contribution is -2.07. The Balaban J connectivity index is 2.41. The van der Waals surface area contributed by atoms with Crippen molar-refractivity contribution in [1.29, 1.82) is 0 Å². The largest absolute Gasteiger partial charge is 0.293 e. The van der Waals surface area contributed by atoms with E-state index in [0.717, 1.165) is 18.4 Å². The molecule has 0 heterocycles. The number of alkyl halides is 1. The number of carbonyl (C=O) groups is 1. The number of Topliss-reactive ketones (excluding diaryl/α,β-unsaturated/α-hetero) is 1. The van der Waals surface area contributed by atoms with Crippen molar-refractivity contribution in [3.8, 4) is 0 Å². The van der Waals surface area contributed by atoms with E-state index in [4.69, 9.17) is 0 Å². The van der Waals surface area contributed by atoms with Crippen molar-refractivity contribution in [2.75, 3.05) is 0 Å². The van der Waals surface area contributed by atoms with Gasteiger partial charge < -0.3 is 0 Å². The van der Waals surface area contributed by atoms with Gasteiger partial charge in [-0.1, -0.05) is 40.2 Å². The van der Waals surface area contributed by atoms with Crippen LogP contribution in [0.3, 0.4) is 0 Å². The van der Waals surface area contributed by atoms with Crippen LogP contribution >= 0.6 is 15.9 Å². The van der Waals surface area contributed by atoms with Crippen molar-refractivity contribution in [2.45, 2.75) is 17.7 Å². The molecule has 2 rings (SSSR count). The fourth-order valence-corrected chi connectivity index (χ4v) is 2.14. The highest BCUT2D eigenvalue weighted by molar-refractivity contribution is 9.10. The third-order valence-electron chi connectivity index (χ3n) is 2.17. The second kappa shape index (κ2) is 3.02. The monoisotopic (exact) mass is 224 g/mol. The van der Waals surface area contributed by atoms with E-state index >= 15 is 0 Å².